The summed E-state index contributed by atoms with van der Waals surface area (Å²) in [5.41, 5.74) is 1.76. The number of rotatable bonds is 6. The number of nitrogens with one attached hydrogen (secondary N) is 2. The number of nitrogens with zero attached hydrogens (tertiary/aromatic N) is 1. The van der Waals surface area contributed by atoms with Crippen molar-refractivity contribution in [2.24, 2.45) is 0 Å². The molecule has 0 aliphatic carbocycles. The van der Waals surface area contributed by atoms with Crippen LogP contribution >= 0.6 is 0 Å². The Kier molecular flexibility index (Phi) is 5.18. The van der Waals surface area contributed by atoms with Gasteiger partial charge in [-0.05, 0) is 25.1 Å². The van der Waals surface area contributed by atoms with Crippen molar-refractivity contribution in [3.63, 3.8) is 0 Å². The summed E-state index contributed by atoms with van der Waals surface area (Å²) in [6, 6.07) is 16.4. The van der Waals surface area contributed by atoms with Gasteiger partial charge in [-0.25, -0.2) is 4.79 Å². The van der Waals surface area contributed by atoms with Crippen LogP contribution in [0.4, 0.5) is 10.5 Å². The van der Waals surface area contributed by atoms with Crippen molar-refractivity contribution < 1.29 is 14.3 Å². The van der Waals surface area contributed by atoms with Crippen molar-refractivity contribution in [2.75, 3.05) is 18.4 Å². The van der Waals surface area contributed by atoms with E-state index in [4.69, 9.17) is 4.74 Å². The van der Waals surface area contributed by atoms with Gasteiger partial charge in [0.15, 0.2) is 0 Å². The fourth-order valence-corrected chi connectivity index (χ4v) is 2.68. The van der Waals surface area contributed by atoms with Crippen molar-refractivity contribution in [1.82, 2.24) is 10.2 Å². The van der Waals surface area contributed by atoms with E-state index in [2.05, 4.69) is 10.6 Å². The molecule has 0 radical (unpaired) electrons. The highest BCUT2D eigenvalue weighted by molar-refractivity contribution is 5.99. The van der Waals surface area contributed by atoms with Gasteiger partial charge in [0.1, 0.15) is 18.4 Å². The first-order valence-electron chi connectivity index (χ1n) is 8.26. The molecule has 1 atom stereocenters. The van der Waals surface area contributed by atoms with Gasteiger partial charge in [-0.1, -0.05) is 36.4 Å². The van der Waals surface area contributed by atoms with Crippen LogP contribution in [-0.4, -0.2) is 36.0 Å². The van der Waals surface area contributed by atoms with E-state index in [9.17, 15) is 9.59 Å². The smallest absolute Gasteiger partial charge is 0.324 e. The van der Waals surface area contributed by atoms with Crippen LogP contribution in [0.3, 0.4) is 0 Å². The van der Waals surface area contributed by atoms with E-state index in [0.29, 0.717) is 19.7 Å². The van der Waals surface area contributed by atoms with Gasteiger partial charge in [0.05, 0.1) is 0 Å². The molecular formula is C19H21N3O3. The van der Waals surface area contributed by atoms with Crippen molar-refractivity contribution in [2.45, 2.75) is 19.6 Å². The van der Waals surface area contributed by atoms with E-state index in [1.54, 1.807) is 6.92 Å². The second-order valence-electron chi connectivity index (χ2n) is 5.85. The first-order valence-corrected chi connectivity index (χ1v) is 8.26. The Labute approximate surface area is 146 Å². The maximum atomic E-state index is 12.4. The van der Waals surface area contributed by atoms with Gasteiger partial charge >= 0.3 is 6.03 Å². The van der Waals surface area contributed by atoms with Crippen LogP contribution in [0.25, 0.3) is 0 Å². The predicted octanol–water partition coefficient (Wildman–Crippen LogP) is 2.62. The minimum Gasteiger partial charge on any atom is -0.489 e. The van der Waals surface area contributed by atoms with Crippen LogP contribution in [0.1, 0.15) is 12.5 Å². The van der Waals surface area contributed by atoms with Gasteiger partial charge in [0.2, 0.25) is 0 Å². The molecule has 0 spiro atoms. The third kappa shape index (κ3) is 4.09. The highest BCUT2D eigenvalue weighted by Gasteiger charge is 2.29. The molecule has 1 fully saturated rings. The van der Waals surface area contributed by atoms with Crippen LogP contribution < -0.4 is 15.4 Å². The molecule has 1 aliphatic rings. The molecule has 6 heteroatoms. The minimum atomic E-state index is -0.512. The normalized spacial score (nSPS) is 14.8. The lowest BCUT2D eigenvalue weighted by atomic mass is 10.1. The summed E-state index contributed by atoms with van der Waals surface area (Å²) in [5.74, 6) is 0.545. The summed E-state index contributed by atoms with van der Waals surface area (Å²) in [7, 11) is 0. The zero-order valence-electron chi connectivity index (χ0n) is 14.1. The second-order valence-corrected chi connectivity index (χ2v) is 5.85. The molecule has 2 aromatic carbocycles. The number of imide groups is 1. The van der Waals surface area contributed by atoms with Gasteiger partial charge in [-0.3, -0.25) is 9.69 Å². The summed E-state index contributed by atoms with van der Waals surface area (Å²) in [4.78, 5) is 25.3. The number of hydrogen-bond donors (Lipinski definition) is 2. The van der Waals surface area contributed by atoms with E-state index < -0.39 is 6.04 Å². The number of anilines is 1. The Morgan fingerprint density at radius 1 is 1.20 bits per heavy atom. The van der Waals surface area contributed by atoms with Crippen molar-refractivity contribution >= 4 is 17.6 Å². The summed E-state index contributed by atoms with van der Waals surface area (Å²) in [6.07, 6.45) is 0. The van der Waals surface area contributed by atoms with Gasteiger partial charge < -0.3 is 15.4 Å². The molecule has 1 saturated heterocycles. The van der Waals surface area contributed by atoms with E-state index in [-0.39, 0.29) is 11.9 Å². The van der Waals surface area contributed by atoms with Gasteiger partial charge in [-0.15, -0.1) is 0 Å². The fourth-order valence-electron chi connectivity index (χ4n) is 2.68. The third-order valence-corrected chi connectivity index (χ3v) is 4.02. The zero-order valence-corrected chi connectivity index (χ0v) is 14.1. The Balaban J connectivity index is 1.66. The van der Waals surface area contributed by atoms with E-state index in [1.807, 2.05) is 54.6 Å². The van der Waals surface area contributed by atoms with Gasteiger partial charge in [-0.2, -0.15) is 0 Å². The third-order valence-electron chi connectivity index (χ3n) is 4.02. The molecule has 3 rings (SSSR count). The standard InChI is InChI=1S/C19H21N3O3/c1-14(18(23)22-12-11-20-19(22)24)21-17-10-6-5-7-15(17)13-25-16-8-3-2-4-9-16/h2-10,14,21H,11-13H2,1H3,(H,20,24)/t14-/m1/s1. The monoisotopic (exact) mass is 339 g/mol. The molecule has 25 heavy (non-hydrogen) atoms. The summed E-state index contributed by atoms with van der Waals surface area (Å²) >= 11 is 0. The molecular weight excluding hydrogens is 318 g/mol. The maximum Gasteiger partial charge on any atom is 0.324 e. The Bertz CT molecular complexity index is 749. The van der Waals surface area contributed by atoms with Crippen LogP contribution in [0.15, 0.2) is 54.6 Å². The SMILES string of the molecule is C[C@@H](Nc1ccccc1COc1ccccc1)C(=O)N1CCNC1=O. The van der Waals surface area contributed by atoms with Crippen LogP contribution in [0, 0.1) is 0 Å². The quantitative estimate of drug-likeness (QED) is 0.849. The average molecular weight is 339 g/mol. The predicted molar refractivity (Wildman–Crippen MR) is 95.4 cm³/mol. The van der Waals surface area contributed by atoms with E-state index >= 15 is 0 Å². The Morgan fingerprint density at radius 2 is 1.92 bits per heavy atom. The molecule has 1 aliphatic heterocycles. The molecule has 0 unspecified atom stereocenters. The number of benzene rings is 2. The second kappa shape index (κ2) is 7.70. The van der Waals surface area contributed by atoms with Crippen LogP contribution in [-0.2, 0) is 11.4 Å². The number of carbonyl (C=O) groups is 2. The topological polar surface area (TPSA) is 70.7 Å². The number of carbonyl (C=O) groups excluding carboxylic acids is 2. The van der Waals surface area contributed by atoms with Crippen LogP contribution in [0.2, 0.25) is 0 Å². The number of hydrogen-bond acceptors (Lipinski definition) is 4. The molecule has 1 heterocycles. The van der Waals surface area contributed by atoms with E-state index in [0.717, 1.165) is 17.0 Å². The first-order chi connectivity index (χ1) is 12.1. The molecule has 130 valence electrons. The maximum absolute atomic E-state index is 12.4. The lowest BCUT2D eigenvalue weighted by molar-refractivity contribution is -0.128. The highest BCUT2D eigenvalue weighted by atomic mass is 16.5. The van der Waals surface area contributed by atoms with Crippen LogP contribution in [0.5, 0.6) is 5.75 Å². The number of urea groups is 1. The lowest BCUT2D eigenvalue weighted by Gasteiger charge is -2.21. The summed E-state index contributed by atoms with van der Waals surface area (Å²) in [6.45, 7) is 3.04. The minimum absolute atomic E-state index is 0.242. The molecule has 0 bridgehead atoms. The fraction of sp³-hybridized carbons (Fsp3) is 0.263. The molecule has 2 aromatic rings. The molecule has 0 aromatic heterocycles. The largest absolute Gasteiger partial charge is 0.489 e. The Hall–Kier alpha value is -3.02. The van der Waals surface area contributed by atoms with Gasteiger partial charge in [0, 0.05) is 24.3 Å². The van der Waals surface area contributed by atoms with Crippen molar-refractivity contribution in [1.29, 1.82) is 0 Å². The summed E-state index contributed by atoms with van der Waals surface area (Å²) < 4.78 is 5.79. The number of para-hydroxylation sites is 2. The lowest BCUT2D eigenvalue weighted by Crippen LogP contribution is -2.43. The number of ether oxygens (including phenoxy) is 1. The molecule has 0 saturated carbocycles. The average Bonchev–Trinajstić information content (AvgIpc) is 3.07. The number of amides is 3. The Morgan fingerprint density at radius 3 is 2.64 bits per heavy atom. The molecule has 6 nitrogen and oxygen atoms in total. The highest BCUT2D eigenvalue weighted by Crippen LogP contribution is 2.20. The first kappa shape index (κ1) is 16.8. The molecule has 3 amide bonds. The van der Waals surface area contributed by atoms with Crippen molar-refractivity contribution in [3.05, 3.63) is 60.2 Å². The van der Waals surface area contributed by atoms with Gasteiger partial charge in [0.25, 0.3) is 5.91 Å². The molecule has 2 N–H and O–H groups in total. The summed E-state index contributed by atoms with van der Waals surface area (Å²) in [5, 5.41) is 5.83. The van der Waals surface area contributed by atoms with E-state index in [1.165, 1.54) is 4.90 Å². The van der Waals surface area contributed by atoms with Crippen molar-refractivity contribution in [3.8, 4) is 5.75 Å². The zero-order chi connectivity index (χ0) is 17.6.